The molecule has 3 amide bonds. The van der Waals surface area contributed by atoms with E-state index in [0.717, 1.165) is 28.4 Å². The molecule has 1 aliphatic heterocycles. The molecule has 10 heteroatoms. The lowest BCUT2D eigenvalue weighted by atomic mass is 10.1. The molecule has 0 aliphatic carbocycles. The van der Waals surface area contributed by atoms with E-state index in [1.807, 2.05) is 0 Å². The molecule has 2 aromatic heterocycles. The Hall–Kier alpha value is -4.18. The first-order valence-corrected chi connectivity index (χ1v) is 10.5. The maximum Gasteiger partial charge on any atom is 0.261 e. The van der Waals surface area contributed by atoms with Crippen LogP contribution < -0.4 is 5.32 Å². The Kier molecular flexibility index (Phi) is 5.06. The summed E-state index contributed by atoms with van der Waals surface area (Å²) in [7, 11) is 0. The standard InChI is InChI=1S/C23H13F2N3O4S/c24-17-6-4-12(9-18(17)25)19-11-33-23(26-19)27-20(29)13-3-5-15-16(8-13)22(31)28(21(15)30)10-14-2-1-7-32-14/h1-9,11H,10H2,(H,26,27,29). The van der Waals surface area contributed by atoms with Crippen molar-refractivity contribution < 1.29 is 27.6 Å². The van der Waals surface area contributed by atoms with Crippen LogP contribution in [-0.2, 0) is 6.54 Å². The number of rotatable bonds is 5. The van der Waals surface area contributed by atoms with Crippen LogP contribution in [0.4, 0.5) is 13.9 Å². The molecular weight excluding hydrogens is 452 g/mol. The molecule has 3 heterocycles. The molecule has 1 N–H and O–H groups in total. The molecule has 0 bridgehead atoms. The quantitative estimate of drug-likeness (QED) is 0.430. The van der Waals surface area contributed by atoms with Gasteiger partial charge in [-0.3, -0.25) is 24.6 Å². The number of carbonyl (C=O) groups is 3. The van der Waals surface area contributed by atoms with Gasteiger partial charge in [-0.05, 0) is 48.5 Å². The highest BCUT2D eigenvalue weighted by atomic mass is 32.1. The predicted octanol–water partition coefficient (Wildman–Crippen LogP) is 4.73. The molecule has 5 rings (SSSR count). The molecule has 1 aliphatic rings. The molecule has 0 saturated carbocycles. The van der Waals surface area contributed by atoms with Crippen molar-refractivity contribution >= 4 is 34.2 Å². The van der Waals surface area contributed by atoms with Gasteiger partial charge < -0.3 is 4.42 Å². The molecular formula is C23H13F2N3O4S. The van der Waals surface area contributed by atoms with E-state index >= 15 is 0 Å². The maximum absolute atomic E-state index is 13.5. The van der Waals surface area contributed by atoms with Gasteiger partial charge >= 0.3 is 0 Å². The molecule has 7 nitrogen and oxygen atoms in total. The first kappa shape index (κ1) is 20.7. The minimum absolute atomic E-state index is 0.00719. The summed E-state index contributed by atoms with van der Waals surface area (Å²) < 4.78 is 31.8. The first-order valence-electron chi connectivity index (χ1n) is 9.65. The highest BCUT2D eigenvalue weighted by Gasteiger charge is 2.36. The number of amides is 3. The Labute approximate surface area is 189 Å². The first-order chi connectivity index (χ1) is 15.9. The third-order valence-electron chi connectivity index (χ3n) is 5.07. The third-order valence-corrected chi connectivity index (χ3v) is 5.82. The number of carbonyl (C=O) groups excluding carboxylic acids is 3. The lowest BCUT2D eigenvalue weighted by molar-refractivity contribution is 0.0631. The number of nitrogens with zero attached hydrogens (tertiary/aromatic N) is 2. The number of nitrogens with one attached hydrogen (secondary N) is 1. The zero-order chi connectivity index (χ0) is 23.1. The summed E-state index contributed by atoms with van der Waals surface area (Å²) in [5, 5.41) is 4.45. The number of halogens is 2. The molecule has 0 fully saturated rings. The summed E-state index contributed by atoms with van der Waals surface area (Å²) in [6.45, 7) is -0.00719. The molecule has 164 valence electrons. The van der Waals surface area contributed by atoms with Gasteiger partial charge in [0, 0.05) is 16.5 Å². The van der Waals surface area contributed by atoms with Gasteiger partial charge in [-0.2, -0.15) is 0 Å². The van der Waals surface area contributed by atoms with E-state index in [9.17, 15) is 23.2 Å². The fraction of sp³-hybridized carbons (Fsp3) is 0.0435. The number of hydrogen-bond donors (Lipinski definition) is 1. The fourth-order valence-corrected chi connectivity index (χ4v) is 4.14. The van der Waals surface area contributed by atoms with Crippen LogP contribution in [0.25, 0.3) is 11.3 Å². The van der Waals surface area contributed by atoms with Gasteiger partial charge in [0.25, 0.3) is 17.7 Å². The van der Waals surface area contributed by atoms with E-state index < -0.39 is 29.4 Å². The number of aromatic nitrogens is 1. The van der Waals surface area contributed by atoms with Crippen molar-refractivity contribution in [3.8, 4) is 11.3 Å². The number of hydrogen-bond acceptors (Lipinski definition) is 6. The van der Waals surface area contributed by atoms with E-state index in [0.29, 0.717) is 17.0 Å². The van der Waals surface area contributed by atoms with E-state index in [-0.39, 0.29) is 28.4 Å². The highest BCUT2D eigenvalue weighted by molar-refractivity contribution is 7.14. The van der Waals surface area contributed by atoms with Crippen molar-refractivity contribution in [3.63, 3.8) is 0 Å². The average Bonchev–Trinajstić information content (AvgIpc) is 3.54. The van der Waals surface area contributed by atoms with Crippen molar-refractivity contribution in [1.82, 2.24) is 9.88 Å². The second-order valence-corrected chi connectivity index (χ2v) is 8.02. The number of furan rings is 1. The topological polar surface area (TPSA) is 92.5 Å². The van der Waals surface area contributed by atoms with E-state index in [1.165, 1.54) is 30.5 Å². The number of thiazole rings is 1. The van der Waals surface area contributed by atoms with Crippen LogP contribution in [-0.4, -0.2) is 27.6 Å². The summed E-state index contributed by atoms with van der Waals surface area (Å²) in [5.41, 5.74) is 1.24. The van der Waals surface area contributed by atoms with Crippen LogP contribution >= 0.6 is 11.3 Å². The zero-order valence-corrected chi connectivity index (χ0v) is 17.5. The maximum atomic E-state index is 13.5. The molecule has 0 radical (unpaired) electrons. The Morgan fingerprint density at radius 2 is 1.85 bits per heavy atom. The molecule has 0 unspecified atom stereocenters. The van der Waals surface area contributed by atoms with Gasteiger partial charge in [0.05, 0.1) is 29.6 Å². The third kappa shape index (κ3) is 3.80. The summed E-state index contributed by atoms with van der Waals surface area (Å²) in [5.74, 6) is -3.01. The fourth-order valence-electron chi connectivity index (χ4n) is 3.42. The zero-order valence-electron chi connectivity index (χ0n) is 16.7. The predicted molar refractivity (Wildman–Crippen MR) is 115 cm³/mol. The van der Waals surface area contributed by atoms with Crippen LogP contribution in [0.1, 0.15) is 36.8 Å². The minimum atomic E-state index is -0.996. The van der Waals surface area contributed by atoms with E-state index in [4.69, 9.17) is 4.42 Å². The Bertz CT molecular complexity index is 1420. The lowest BCUT2D eigenvalue weighted by Gasteiger charge is -2.11. The number of fused-ring (bicyclic) bond motifs is 1. The van der Waals surface area contributed by atoms with Gasteiger partial charge in [0.15, 0.2) is 16.8 Å². The second-order valence-electron chi connectivity index (χ2n) is 7.16. The van der Waals surface area contributed by atoms with Crippen molar-refractivity contribution in [2.24, 2.45) is 0 Å². The van der Waals surface area contributed by atoms with E-state index in [2.05, 4.69) is 10.3 Å². The SMILES string of the molecule is O=C(Nc1nc(-c2ccc(F)c(F)c2)cs1)c1ccc2c(c1)C(=O)N(Cc1ccco1)C2=O. The number of benzene rings is 2. The van der Waals surface area contributed by atoms with Gasteiger partial charge in [0.1, 0.15) is 5.76 Å². The monoisotopic (exact) mass is 465 g/mol. The molecule has 0 saturated heterocycles. The van der Waals surface area contributed by atoms with Crippen LogP contribution in [0.5, 0.6) is 0 Å². The van der Waals surface area contributed by atoms with Crippen molar-refractivity contribution in [2.75, 3.05) is 5.32 Å². The number of imide groups is 1. The molecule has 4 aromatic rings. The normalized spacial score (nSPS) is 12.8. The average molecular weight is 465 g/mol. The van der Waals surface area contributed by atoms with Crippen LogP contribution in [0.3, 0.4) is 0 Å². The second kappa shape index (κ2) is 8.06. The highest BCUT2D eigenvalue weighted by Crippen LogP contribution is 2.28. The summed E-state index contributed by atoms with van der Waals surface area (Å²) in [6.07, 6.45) is 1.45. The largest absolute Gasteiger partial charge is 0.467 e. The van der Waals surface area contributed by atoms with Crippen molar-refractivity contribution in [1.29, 1.82) is 0 Å². The molecule has 0 spiro atoms. The van der Waals surface area contributed by atoms with Crippen molar-refractivity contribution in [2.45, 2.75) is 6.54 Å². The smallest absolute Gasteiger partial charge is 0.261 e. The lowest BCUT2D eigenvalue weighted by Crippen LogP contribution is -2.28. The number of anilines is 1. The van der Waals surface area contributed by atoms with Crippen LogP contribution in [0, 0.1) is 11.6 Å². The molecule has 0 atom stereocenters. The summed E-state index contributed by atoms with van der Waals surface area (Å²) >= 11 is 1.11. The summed E-state index contributed by atoms with van der Waals surface area (Å²) in [4.78, 5) is 43.3. The Morgan fingerprint density at radius 1 is 1.03 bits per heavy atom. The molecule has 33 heavy (non-hydrogen) atoms. The van der Waals surface area contributed by atoms with Crippen LogP contribution in [0.15, 0.2) is 64.6 Å². The van der Waals surface area contributed by atoms with Gasteiger partial charge in [-0.15, -0.1) is 11.3 Å². The van der Waals surface area contributed by atoms with Gasteiger partial charge in [0.2, 0.25) is 0 Å². The Morgan fingerprint density at radius 3 is 2.61 bits per heavy atom. The van der Waals surface area contributed by atoms with Gasteiger partial charge in [-0.1, -0.05) is 0 Å². The van der Waals surface area contributed by atoms with E-state index in [1.54, 1.807) is 17.5 Å². The Balaban J connectivity index is 1.33. The van der Waals surface area contributed by atoms with Gasteiger partial charge in [-0.25, -0.2) is 13.8 Å². The minimum Gasteiger partial charge on any atom is -0.467 e. The molecule has 2 aromatic carbocycles. The van der Waals surface area contributed by atoms with Crippen LogP contribution in [0.2, 0.25) is 0 Å². The summed E-state index contributed by atoms with van der Waals surface area (Å²) in [6, 6.07) is 11.0. The van der Waals surface area contributed by atoms with Crippen molar-refractivity contribution in [3.05, 3.63) is 94.3 Å².